The molecule has 3 aliphatic rings. The maximum absolute atomic E-state index is 6.16. The lowest BCUT2D eigenvalue weighted by molar-refractivity contribution is 0.414. The lowest BCUT2D eigenvalue weighted by atomic mass is 9.98. The molecule has 5 nitrogen and oxygen atoms in total. The Labute approximate surface area is 158 Å². The zero-order chi connectivity index (χ0) is 17.8. The van der Waals surface area contributed by atoms with Gasteiger partial charge in [-0.1, -0.05) is 6.07 Å². The summed E-state index contributed by atoms with van der Waals surface area (Å²) in [5, 5.41) is 1.31. The van der Waals surface area contributed by atoms with Crippen LogP contribution in [-0.2, 0) is 6.42 Å². The van der Waals surface area contributed by atoms with Gasteiger partial charge in [0.15, 0.2) is 5.75 Å². The molecule has 2 fully saturated rings. The molecule has 1 saturated heterocycles. The molecule has 1 aromatic heterocycles. The zero-order valence-corrected chi connectivity index (χ0v) is 16.3. The third-order valence-corrected chi connectivity index (χ3v) is 6.93. The third-order valence-electron chi connectivity index (χ3n) is 6.08. The first-order chi connectivity index (χ1) is 12.7. The molecule has 3 heterocycles. The van der Waals surface area contributed by atoms with Crippen molar-refractivity contribution in [3.63, 3.8) is 0 Å². The Morgan fingerprint density at radius 2 is 2.12 bits per heavy atom. The van der Waals surface area contributed by atoms with E-state index in [1.165, 1.54) is 40.3 Å². The van der Waals surface area contributed by atoms with E-state index in [-0.39, 0.29) is 6.04 Å². The normalized spacial score (nSPS) is 23.0. The average Bonchev–Trinajstić information content (AvgIpc) is 3.16. The monoisotopic (exact) mass is 370 g/mol. The van der Waals surface area contributed by atoms with E-state index in [0.717, 1.165) is 31.7 Å². The van der Waals surface area contributed by atoms with Crippen LogP contribution >= 0.6 is 11.5 Å². The second kappa shape index (κ2) is 6.13. The first kappa shape index (κ1) is 16.4. The van der Waals surface area contributed by atoms with E-state index < -0.39 is 0 Å². The summed E-state index contributed by atoms with van der Waals surface area (Å²) in [6.07, 6.45) is 6.64. The summed E-state index contributed by atoms with van der Waals surface area (Å²) in [5.41, 5.74) is 11.4. The van der Waals surface area contributed by atoms with Gasteiger partial charge in [0.05, 0.1) is 18.5 Å². The van der Waals surface area contributed by atoms with Crippen LogP contribution in [0, 0.1) is 5.92 Å². The highest BCUT2D eigenvalue weighted by Gasteiger charge is 2.39. The van der Waals surface area contributed by atoms with Gasteiger partial charge in [-0.3, -0.25) is 0 Å². The van der Waals surface area contributed by atoms with E-state index in [1.807, 2.05) is 13.3 Å². The van der Waals surface area contributed by atoms with Gasteiger partial charge in [-0.2, -0.15) is 4.37 Å². The van der Waals surface area contributed by atoms with Crippen LogP contribution in [0.15, 0.2) is 18.3 Å². The molecule has 0 spiro atoms. The SMILES string of the molecule is COc1c(N2CCC([C@@H](C)N)C2)ccc2c1N(C1CC1)c1sncc1C2. The van der Waals surface area contributed by atoms with Gasteiger partial charge in [0.2, 0.25) is 0 Å². The number of methoxy groups -OCH3 is 1. The standard InChI is InChI=1S/C20H26N4OS/c1-12(21)14-7-8-23(11-14)17-6-3-13-9-15-10-22-26-20(15)24(16-4-5-16)18(13)19(17)25-2/h3,6,10,12,14,16H,4-5,7-9,11,21H2,1-2H3/t12-,14?/m1/s1. The average molecular weight is 371 g/mol. The molecular formula is C20H26N4OS. The van der Waals surface area contributed by atoms with Gasteiger partial charge in [0.25, 0.3) is 0 Å². The Kier molecular flexibility index (Phi) is 3.87. The van der Waals surface area contributed by atoms with E-state index in [1.54, 1.807) is 11.5 Å². The Balaban J connectivity index is 1.58. The van der Waals surface area contributed by atoms with Gasteiger partial charge in [0, 0.05) is 43.4 Å². The van der Waals surface area contributed by atoms with E-state index in [9.17, 15) is 0 Å². The molecule has 1 saturated carbocycles. The number of ether oxygens (including phenoxy) is 1. The van der Waals surface area contributed by atoms with Crippen molar-refractivity contribution < 1.29 is 4.74 Å². The maximum Gasteiger partial charge on any atom is 0.166 e. The third kappa shape index (κ3) is 2.50. The minimum absolute atomic E-state index is 0.242. The molecule has 1 aromatic carbocycles. The maximum atomic E-state index is 6.16. The van der Waals surface area contributed by atoms with Gasteiger partial charge in [-0.15, -0.1) is 0 Å². The minimum atomic E-state index is 0.242. The molecule has 6 heteroatoms. The van der Waals surface area contributed by atoms with Gasteiger partial charge in [-0.25, -0.2) is 0 Å². The summed E-state index contributed by atoms with van der Waals surface area (Å²) < 4.78 is 10.5. The van der Waals surface area contributed by atoms with Crippen molar-refractivity contribution in [2.45, 2.75) is 44.7 Å². The fraction of sp³-hybridized carbons (Fsp3) is 0.550. The molecule has 138 valence electrons. The van der Waals surface area contributed by atoms with Crippen molar-refractivity contribution in [1.29, 1.82) is 0 Å². The first-order valence-electron chi connectivity index (χ1n) is 9.60. The lowest BCUT2D eigenvalue weighted by Crippen LogP contribution is -2.30. The van der Waals surface area contributed by atoms with Crippen molar-refractivity contribution in [2.75, 3.05) is 30.0 Å². The topological polar surface area (TPSA) is 54.6 Å². The molecule has 0 bridgehead atoms. The van der Waals surface area contributed by atoms with Crippen molar-refractivity contribution in [3.05, 3.63) is 29.5 Å². The molecule has 2 aromatic rings. The smallest absolute Gasteiger partial charge is 0.166 e. The van der Waals surface area contributed by atoms with E-state index in [2.05, 4.69) is 33.2 Å². The number of hydrogen-bond acceptors (Lipinski definition) is 6. The number of nitrogens with two attached hydrogens (primary N) is 1. The van der Waals surface area contributed by atoms with Crippen molar-refractivity contribution in [2.24, 2.45) is 11.7 Å². The van der Waals surface area contributed by atoms with Crippen LogP contribution < -0.4 is 20.3 Å². The summed E-state index contributed by atoms with van der Waals surface area (Å²) in [4.78, 5) is 4.97. The fourth-order valence-electron chi connectivity index (χ4n) is 4.46. The fourth-order valence-corrected chi connectivity index (χ4v) is 5.31. The Morgan fingerprint density at radius 1 is 1.27 bits per heavy atom. The van der Waals surface area contributed by atoms with Crippen LogP contribution in [0.2, 0.25) is 0 Å². The van der Waals surface area contributed by atoms with Crippen molar-refractivity contribution >= 4 is 27.9 Å². The molecule has 2 aliphatic heterocycles. The quantitative estimate of drug-likeness (QED) is 0.892. The highest BCUT2D eigenvalue weighted by molar-refractivity contribution is 7.10. The Morgan fingerprint density at radius 3 is 2.81 bits per heavy atom. The second-order valence-corrected chi connectivity index (χ2v) is 8.69. The molecule has 26 heavy (non-hydrogen) atoms. The predicted molar refractivity (Wildman–Crippen MR) is 107 cm³/mol. The molecular weight excluding hydrogens is 344 g/mol. The van der Waals surface area contributed by atoms with Crippen molar-refractivity contribution in [1.82, 2.24) is 4.37 Å². The second-order valence-electron chi connectivity index (χ2n) is 7.91. The zero-order valence-electron chi connectivity index (χ0n) is 15.4. The number of rotatable bonds is 4. The summed E-state index contributed by atoms with van der Waals surface area (Å²) in [6, 6.07) is 5.37. The molecule has 2 N–H and O–H groups in total. The molecule has 1 aliphatic carbocycles. The Bertz CT molecular complexity index is 829. The summed E-state index contributed by atoms with van der Waals surface area (Å²) >= 11 is 1.62. The number of aromatic nitrogens is 1. The highest BCUT2D eigenvalue weighted by atomic mass is 32.1. The molecule has 5 rings (SSSR count). The van der Waals surface area contributed by atoms with Crippen molar-refractivity contribution in [3.8, 4) is 5.75 Å². The number of fused-ring (bicyclic) bond motifs is 2. The molecule has 2 atom stereocenters. The summed E-state index contributed by atoms with van der Waals surface area (Å²) in [7, 11) is 1.81. The molecule has 0 amide bonds. The largest absolute Gasteiger partial charge is 0.492 e. The minimum Gasteiger partial charge on any atom is -0.492 e. The number of benzene rings is 1. The molecule has 0 radical (unpaired) electrons. The number of hydrogen-bond donors (Lipinski definition) is 1. The number of anilines is 3. The van der Waals surface area contributed by atoms with E-state index >= 15 is 0 Å². The van der Waals surface area contributed by atoms with E-state index in [0.29, 0.717) is 12.0 Å². The van der Waals surface area contributed by atoms with Crippen LogP contribution in [0.1, 0.15) is 37.3 Å². The number of nitrogens with zero attached hydrogens (tertiary/aromatic N) is 3. The van der Waals surface area contributed by atoms with Gasteiger partial charge < -0.3 is 20.3 Å². The summed E-state index contributed by atoms with van der Waals surface area (Å²) in [6.45, 7) is 4.19. The first-order valence-corrected chi connectivity index (χ1v) is 10.4. The van der Waals surface area contributed by atoms with Crippen LogP contribution in [0.5, 0.6) is 5.75 Å². The van der Waals surface area contributed by atoms with Crippen LogP contribution in [0.4, 0.5) is 16.4 Å². The molecule has 1 unspecified atom stereocenters. The van der Waals surface area contributed by atoms with Crippen LogP contribution in [-0.4, -0.2) is 36.7 Å². The van der Waals surface area contributed by atoms with E-state index in [4.69, 9.17) is 10.5 Å². The predicted octanol–water partition coefficient (Wildman–Crippen LogP) is 3.53. The Hall–Kier alpha value is -1.79. The summed E-state index contributed by atoms with van der Waals surface area (Å²) in [5.74, 6) is 1.59. The van der Waals surface area contributed by atoms with Gasteiger partial charge >= 0.3 is 0 Å². The van der Waals surface area contributed by atoms with Crippen LogP contribution in [0.25, 0.3) is 0 Å². The highest BCUT2D eigenvalue weighted by Crippen LogP contribution is 2.53. The van der Waals surface area contributed by atoms with Gasteiger partial charge in [0.1, 0.15) is 5.00 Å². The lowest BCUT2D eigenvalue weighted by Gasteiger charge is -2.34. The van der Waals surface area contributed by atoms with Gasteiger partial charge in [-0.05, 0) is 55.3 Å². The van der Waals surface area contributed by atoms with Crippen LogP contribution in [0.3, 0.4) is 0 Å².